The van der Waals surface area contributed by atoms with E-state index >= 15 is 0 Å². The van der Waals surface area contributed by atoms with Gasteiger partial charge in [0, 0.05) is 75.4 Å². The normalized spacial score (nSPS) is 20.4. The Hall–Kier alpha value is -4.27. The van der Waals surface area contributed by atoms with Crippen molar-refractivity contribution in [3.05, 3.63) is 58.1 Å². The minimum atomic E-state index is -0.598. The first-order valence-electron chi connectivity index (χ1n) is 17.5. The fourth-order valence-corrected chi connectivity index (χ4v) is 8.01. The van der Waals surface area contributed by atoms with E-state index in [1.807, 2.05) is 39.0 Å². The lowest BCUT2D eigenvalue weighted by molar-refractivity contribution is -0.143. The van der Waals surface area contributed by atoms with Crippen LogP contribution in [0.1, 0.15) is 61.6 Å². The van der Waals surface area contributed by atoms with Gasteiger partial charge in [-0.1, -0.05) is 35.7 Å². The largest absolute Gasteiger partial charge is 0.397 e. The molecular weight excluding hydrogens is 642 g/mol. The Morgan fingerprint density at radius 2 is 1.67 bits per heavy atom. The van der Waals surface area contributed by atoms with E-state index in [1.54, 1.807) is 12.1 Å². The quantitative estimate of drug-likeness (QED) is 0.301. The van der Waals surface area contributed by atoms with Crippen molar-refractivity contribution < 1.29 is 19.2 Å². The lowest BCUT2D eigenvalue weighted by atomic mass is 9.91. The highest BCUT2D eigenvalue weighted by Crippen LogP contribution is 2.29. The molecule has 260 valence electrons. The van der Waals surface area contributed by atoms with E-state index in [0.717, 1.165) is 49.0 Å². The van der Waals surface area contributed by atoms with Crippen molar-refractivity contribution in [2.45, 2.75) is 69.9 Å². The van der Waals surface area contributed by atoms with Gasteiger partial charge in [0.1, 0.15) is 0 Å². The van der Waals surface area contributed by atoms with Crippen LogP contribution in [0.25, 0.3) is 0 Å². The number of carbonyl (C=O) groups is 4. The van der Waals surface area contributed by atoms with Crippen LogP contribution in [0.15, 0.2) is 36.4 Å². The number of fused-ring (bicyclic) bond motifs is 1. The number of nitrogens with two attached hydrogens (primary N) is 1. The Bertz CT molecular complexity index is 1610. The highest BCUT2D eigenvalue weighted by molar-refractivity contribution is 6.33. The number of terminal acetylenes is 1. The van der Waals surface area contributed by atoms with Crippen molar-refractivity contribution in [2.24, 2.45) is 5.92 Å². The van der Waals surface area contributed by atoms with Gasteiger partial charge in [0.15, 0.2) is 0 Å². The monoisotopic (exact) mass is 687 g/mol. The third-order valence-electron chi connectivity index (χ3n) is 10.6. The summed E-state index contributed by atoms with van der Waals surface area (Å²) in [6.07, 6.45) is 11.2. The van der Waals surface area contributed by atoms with Crippen LogP contribution < -0.4 is 16.4 Å². The highest BCUT2D eigenvalue weighted by atomic mass is 35.5. The molecule has 0 radical (unpaired) electrons. The molecule has 4 aliphatic heterocycles. The molecule has 6 rings (SSSR count). The average molecular weight is 688 g/mol. The van der Waals surface area contributed by atoms with E-state index in [4.69, 9.17) is 23.8 Å². The number of amides is 5. The van der Waals surface area contributed by atoms with Crippen molar-refractivity contribution in [3.63, 3.8) is 0 Å². The maximum absolute atomic E-state index is 14.2. The van der Waals surface area contributed by atoms with E-state index in [1.165, 1.54) is 0 Å². The number of anilines is 2. The summed E-state index contributed by atoms with van der Waals surface area (Å²) in [5.41, 5.74) is 9.61. The smallest absolute Gasteiger partial charge is 0.322 e. The minimum Gasteiger partial charge on any atom is -0.397 e. The molecule has 4 heterocycles. The first-order valence-corrected chi connectivity index (χ1v) is 17.8. The van der Waals surface area contributed by atoms with Crippen LogP contribution in [0.2, 0.25) is 5.02 Å². The van der Waals surface area contributed by atoms with Gasteiger partial charge in [-0.2, -0.15) is 0 Å². The Balaban J connectivity index is 1.10. The van der Waals surface area contributed by atoms with Gasteiger partial charge in [0.05, 0.1) is 23.3 Å². The fourth-order valence-electron chi connectivity index (χ4n) is 7.77. The topological polar surface area (TPSA) is 131 Å². The number of rotatable bonds is 7. The number of nitrogen functional groups attached to an aromatic ring is 1. The number of benzene rings is 2. The van der Waals surface area contributed by atoms with Gasteiger partial charge in [-0.3, -0.25) is 19.3 Å². The SMILES string of the molecule is C#Cc1cc(C[C@@H](CC(=O)N2CCC(N3CCc4ccccc4NC3=O)CC2)C(=O)N2CCC(N3CCCC(=O)NC3)CC2)cc(Cl)c1N. The number of nitrogens with zero attached hydrogens (tertiary/aromatic N) is 4. The number of urea groups is 1. The van der Waals surface area contributed by atoms with Gasteiger partial charge >= 0.3 is 6.03 Å². The Morgan fingerprint density at radius 3 is 2.43 bits per heavy atom. The summed E-state index contributed by atoms with van der Waals surface area (Å²) in [6.45, 7) is 4.24. The molecule has 2 aromatic rings. The van der Waals surface area contributed by atoms with E-state index in [9.17, 15) is 19.2 Å². The Kier molecular flexibility index (Phi) is 11.0. The predicted octanol–water partition coefficient (Wildman–Crippen LogP) is 3.69. The van der Waals surface area contributed by atoms with Crippen LogP contribution in [-0.2, 0) is 27.2 Å². The first kappa shape index (κ1) is 34.6. The molecule has 1 atom stereocenters. The van der Waals surface area contributed by atoms with E-state index in [-0.39, 0.29) is 36.2 Å². The first-order chi connectivity index (χ1) is 23.7. The van der Waals surface area contributed by atoms with Crippen molar-refractivity contribution in [1.29, 1.82) is 0 Å². The zero-order valence-electron chi connectivity index (χ0n) is 28.0. The fraction of sp³-hybridized carbons (Fsp3) is 0.514. The second-order valence-corrected chi connectivity index (χ2v) is 14.1. The van der Waals surface area contributed by atoms with Crippen molar-refractivity contribution in [1.82, 2.24) is 24.9 Å². The van der Waals surface area contributed by atoms with Gasteiger partial charge in [0.25, 0.3) is 0 Å². The maximum Gasteiger partial charge on any atom is 0.322 e. The van der Waals surface area contributed by atoms with Crippen LogP contribution in [0.3, 0.4) is 0 Å². The van der Waals surface area contributed by atoms with Gasteiger partial charge in [-0.15, -0.1) is 6.42 Å². The second kappa shape index (κ2) is 15.5. The van der Waals surface area contributed by atoms with Crippen molar-refractivity contribution in [3.8, 4) is 12.3 Å². The number of hydrogen-bond donors (Lipinski definition) is 3. The molecule has 2 aromatic carbocycles. The van der Waals surface area contributed by atoms with Gasteiger partial charge in [0.2, 0.25) is 17.7 Å². The summed E-state index contributed by atoms with van der Waals surface area (Å²) in [7, 11) is 0. The average Bonchev–Trinajstić information content (AvgIpc) is 3.44. The highest BCUT2D eigenvalue weighted by Gasteiger charge is 2.35. The molecule has 4 N–H and O–H groups in total. The number of hydrogen-bond acceptors (Lipinski definition) is 6. The molecule has 0 spiro atoms. The predicted molar refractivity (Wildman–Crippen MR) is 190 cm³/mol. The standard InChI is InChI=1S/C37H46ClN7O4/c1-2-26-20-25(22-31(38)35(26)39)21-28(36(48)43-17-10-29(11-18-43)44-14-5-8-33(46)40-24-44)23-34(47)42-15-12-30(13-16-42)45-19-9-27-6-3-4-7-32(27)41-37(45)49/h1,3-4,6-7,20,22,28-30H,5,8-19,21,23-24,39H2,(H,40,46)(H,41,49)/t28-/m0/s1. The Labute approximate surface area is 293 Å². The van der Waals surface area contributed by atoms with Crippen LogP contribution in [0, 0.1) is 18.3 Å². The molecule has 11 nitrogen and oxygen atoms in total. The lowest BCUT2D eigenvalue weighted by Crippen LogP contribution is -2.51. The third kappa shape index (κ3) is 8.14. The summed E-state index contributed by atoms with van der Waals surface area (Å²) >= 11 is 6.42. The van der Waals surface area contributed by atoms with Crippen LogP contribution in [-0.4, -0.2) is 101 Å². The number of nitrogens with one attached hydrogen (secondary N) is 2. The number of para-hydroxylation sites is 1. The van der Waals surface area contributed by atoms with Crippen LogP contribution in [0.4, 0.5) is 16.2 Å². The second-order valence-electron chi connectivity index (χ2n) is 13.7. The number of likely N-dealkylation sites (tertiary alicyclic amines) is 2. The Morgan fingerprint density at radius 1 is 0.959 bits per heavy atom. The molecule has 12 heteroatoms. The molecule has 0 unspecified atom stereocenters. The molecule has 49 heavy (non-hydrogen) atoms. The number of piperidine rings is 2. The molecule has 5 amide bonds. The molecule has 0 aromatic heterocycles. The van der Waals surface area contributed by atoms with Gasteiger partial charge in [-0.05, 0) is 74.3 Å². The van der Waals surface area contributed by atoms with E-state index in [2.05, 4.69) is 21.5 Å². The molecule has 4 aliphatic rings. The van der Waals surface area contributed by atoms with Crippen molar-refractivity contribution >= 4 is 46.7 Å². The van der Waals surface area contributed by atoms with Crippen LogP contribution >= 0.6 is 11.6 Å². The molecule has 3 fully saturated rings. The summed E-state index contributed by atoms with van der Waals surface area (Å²) in [5, 5.41) is 6.36. The van der Waals surface area contributed by atoms with Crippen molar-refractivity contribution in [2.75, 3.05) is 57.0 Å². The number of halogens is 1. The molecule has 0 bridgehead atoms. The van der Waals surface area contributed by atoms with Gasteiger partial charge in [-0.25, -0.2) is 4.79 Å². The van der Waals surface area contributed by atoms with Crippen LogP contribution in [0.5, 0.6) is 0 Å². The zero-order valence-corrected chi connectivity index (χ0v) is 28.7. The summed E-state index contributed by atoms with van der Waals surface area (Å²) in [5.74, 6) is 1.94. The van der Waals surface area contributed by atoms with E-state index < -0.39 is 5.92 Å². The summed E-state index contributed by atoms with van der Waals surface area (Å²) in [6, 6.07) is 11.6. The summed E-state index contributed by atoms with van der Waals surface area (Å²) in [4.78, 5) is 60.9. The summed E-state index contributed by atoms with van der Waals surface area (Å²) < 4.78 is 0. The van der Waals surface area contributed by atoms with E-state index in [0.29, 0.717) is 87.4 Å². The molecular formula is C37H46ClN7O4. The lowest BCUT2D eigenvalue weighted by Gasteiger charge is -2.40. The minimum absolute atomic E-state index is 0.0358. The third-order valence-corrected chi connectivity index (χ3v) is 10.9. The number of carbonyl (C=O) groups excluding carboxylic acids is 4. The molecule has 3 saturated heterocycles. The zero-order chi connectivity index (χ0) is 34.5. The maximum atomic E-state index is 14.2. The molecule has 0 saturated carbocycles. The molecule has 0 aliphatic carbocycles. The van der Waals surface area contributed by atoms with Gasteiger partial charge < -0.3 is 31.1 Å².